The Balaban J connectivity index is 1.40. The number of likely N-dealkylation sites (tertiary alicyclic amines) is 2. The summed E-state index contributed by atoms with van der Waals surface area (Å²) in [5, 5.41) is 18.8. The van der Waals surface area contributed by atoms with Gasteiger partial charge in [-0.25, -0.2) is 0 Å². The van der Waals surface area contributed by atoms with Crippen molar-refractivity contribution in [2.45, 2.75) is 51.1 Å². The van der Waals surface area contributed by atoms with Crippen LogP contribution in [0.2, 0.25) is 0 Å². The largest absolute Gasteiger partial charge is 0.508 e. The highest BCUT2D eigenvalue weighted by molar-refractivity contribution is 5.27. The quantitative estimate of drug-likeness (QED) is 0.878. The average molecular weight is 370 g/mol. The molecule has 6 heteroatoms. The summed E-state index contributed by atoms with van der Waals surface area (Å²) in [6.07, 6.45) is 6.32. The third-order valence-electron chi connectivity index (χ3n) is 6.00. The second-order valence-corrected chi connectivity index (χ2v) is 8.11. The molecule has 0 aliphatic carbocycles. The van der Waals surface area contributed by atoms with Gasteiger partial charge in [0.2, 0.25) is 0 Å². The van der Waals surface area contributed by atoms with Crippen molar-refractivity contribution in [3.05, 3.63) is 41.5 Å². The summed E-state index contributed by atoms with van der Waals surface area (Å²) in [6.45, 7) is 6.27. The third kappa shape index (κ3) is 4.50. The summed E-state index contributed by atoms with van der Waals surface area (Å²) in [5.41, 5.74) is 1.17. The molecule has 2 fully saturated rings. The van der Waals surface area contributed by atoms with Crippen LogP contribution in [0.1, 0.15) is 55.2 Å². The Labute approximate surface area is 161 Å². The lowest BCUT2D eigenvalue weighted by Crippen LogP contribution is -2.35. The van der Waals surface area contributed by atoms with Crippen LogP contribution in [0.3, 0.4) is 0 Å². The van der Waals surface area contributed by atoms with E-state index in [1.165, 1.54) is 50.8 Å². The molecule has 2 aromatic rings. The van der Waals surface area contributed by atoms with Crippen molar-refractivity contribution in [1.82, 2.24) is 24.6 Å². The number of benzene rings is 1. The fraction of sp³-hybridized carbons (Fsp3) is 0.619. The first-order valence-corrected chi connectivity index (χ1v) is 10.3. The molecule has 27 heavy (non-hydrogen) atoms. The van der Waals surface area contributed by atoms with E-state index in [1.807, 2.05) is 12.1 Å². The summed E-state index contributed by atoms with van der Waals surface area (Å²) < 4.78 is 2.23. The highest BCUT2D eigenvalue weighted by atomic mass is 16.3. The highest BCUT2D eigenvalue weighted by Crippen LogP contribution is 2.27. The Morgan fingerprint density at radius 1 is 1.00 bits per heavy atom. The van der Waals surface area contributed by atoms with Crippen LogP contribution in [0.15, 0.2) is 24.3 Å². The number of hydrogen-bond acceptors (Lipinski definition) is 5. The van der Waals surface area contributed by atoms with Crippen LogP contribution in [0.5, 0.6) is 5.75 Å². The van der Waals surface area contributed by atoms with Gasteiger partial charge in [-0.3, -0.25) is 9.80 Å². The molecule has 146 valence electrons. The second kappa shape index (κ2) is 8.40. The van der Waals surface area contributed by atoms with Crippen LogP contribution in [-0.2, 0) is 20.1 Å². The van der Waals surface area contributed by atoms with Crippen LogP contribution in [0.4, 0.5) is 0 Å². The lowest BCUT2D eigenvalue weighted by Gasteiger charge is -2.32. The molecule has 3 heterocycles. The first kappa shape index (κ1) is 18.4. The predicted octanol–water partition coefficient (Wildman–Crippen LogP) is 2.89. The zero-order chi connectivity index (χ0) is 18.6. The average Bonchev–Trinajstić information content (AvgIpc) is 3.03. The van der Waals surface area contributed by atoms with Gasteiger partial charge in [0.15, 0.2) is 0 Å². The number of phenols is 1. The maximum Gasteiger partial charge on any atom is 0.146 e. The molecule has 2 saturated heterocycles. The fourth-order valence-corrected chi connectivity index (χ4v) is 4.51. The van der Waals surface area contributed by atoms with Gasteiger partial charge < -0.3 is 9.67 Å². The van der Waals surface area contributed by atoms with Crippen LogP contribution >= 0.6 is 0 Å². The summed E-state index contributed by atoms with van der Waals surface area (Å²) in [4.78, 5) is 4.98. The van der Waals surface area contributed by atoms with E-state index in [0.29, 0.717) is 11.7 Å². The van der Waals surface area contributed by atoms with Crippen molar-refractivity contribution in [2.24, 2.45) is 7.05 Å². The molecule has 1 aromatic heterocycles. The standard InChI is InChI=1S/C21H31N5O/c1-24-20(16-25-10-3-2-4-11-25)22-23-21(24)18-8-6-12-26(15-18)14-17-7-5-9-19(27)13-17/h5,7,9,13,18,27H,2-4,6,8,10-12,14-16H2,1H3. The molecule has 1 atom stereocenters. The fourth-order valence-electron chi connectivity index (χ4n) is 4.51. The number of hydrogen-bond donors (Lipinski definition) is 1. The number of nitrogens with zero attached hydrogens (tertiary/aromatic N) is 5. The van der Waals surface area contributed by atoms with Crippen molar-refractivity contribution in [3.8, 4) is 5.75 Å². The smallest absolute Gasteiger partial charge is 0.146 e. The van der Waals surface area contributed by atoms with E-state index < -0.39 is 0 Å². The maximum atomic E-state index is 9.70. The Hall–Kier alpha value is -1.92. The third-order valence-corrected chi connectivity index (χ3v) is 6.00. The van der Waals surface area contributed by atoms with E-state index in [0.717, 1.165) is 37.8 Å². The van der Waals surface area contributed by atoms with E-state index in [9.17, 15) is 5.11 Å². The minimum atomic E-state index is 0.344. The number of phenolic OH excluding ortho intramolecular Hbond substituents is 1. The Bertz CT molecular complexity index is 753. The minimum Gasteiger partial charge on any atom is -0.508 e. The zero-order valence-electron chi connectivity index (χ0n) is 16.3. The van der Waals surface area contributed by atoms with Gasteiger partial charge in [-0.05, 0) is 63.0 Å². The number of piperidine rings is 2. The van der Waals surface area contributed by atoms with Crippen molar-refractivity contribution in [2.75, 3.05) is 26.2 Å². The molecule has 1 N–H and O–H groups in total. The van der Waals surface area contributed by atoms with Gasteiger partial charge in [0.25, 0.3) is 0 Å². The summed E-state index contributed by atoms with van der Waals surface area (Å²) in [7, 11) is 2.13. The molecule has 4 rings (SSSR count). The topological polar surface area (TPSA) is 57.4 Å². The number of rotatable bonds is 5. The van der Waals surface area contributed by atoms with Gasteiger partial charge >= 0.3 is 0 Å². The second-order valence-electron chi connectivity index (χ2n) is 8.11. The Morgan fingerprint density at radius 3 is 2.63 bits per heavy atom. The van der Waals surface area contributed by atoms with E-state index in [-0.39, 0.29) is 0 Å². The molecule has 2 aliphatic heterocycles. The minimum absolute atomic E-state index is 0.344. The first-order chi connectivity index (χ1) is 13.2. The lowest BCUT2D eigenvalue weighted by molar-refractivity contribution is 0.194. The van der Waals surface area contributed by atoms with Crippen molar-refractivity contribution in [3.63, 3.8) is 0 Å². The Kier molecular flexibility index (Phi) is 5.74. The Morgan fingerprint density at radius 2 is 1.81 bits per heavy atom. The van der Waals surface area contributed by atoms with Crippen molar-refractivity contribution in [1.29, 1.82) is 0 Å². The molecule has 0 spiro atoms. The molecule has 2 aliphatic rings. The molecule has 6 nitrogen and oxygen atoms in total. The summed E-state index contributed by atoms with van der Waals surface area (Å²) >= 11 is 0. The monoisotopic (exact) mass is 369 g/mol. The normalized spacial score (nSPS) is 22.2. The van der Waals surface area contributed by atoms with Crippen molar-refractivity contribution < 1.29 is 5.11 Å². The van der Waals surface area contributed by atoms with Crippen LogP contribution in [0, 0.1) is 0 Å². The van der Waals surface area contributed by atoms with Gasteiger partial charge in [-0.15, -0.1) is 10.2 Å². The van der Waals surface area contributed by atoms with Crippen LogP contribution in [0.25, 0.3) is 0 Å². The van der Waals surface area contributed by atoms with Gasteiger partial charge in [-0.2, -0.15) is 0 Å². The molecular weight excluding hydrogens is 338 g/mol. The SMILES string of the molecule is Cn1c(CN2CCCCC2)nnc1C1CCCN(Cc2cccc(O)c2)C1. The van der Waals surface area contributed by atoms with Gasteiger partial charge in [0.1, 0.15) is 17.4 Å². The summed E-state index contributed by atoms with van der Waals surface area (Å²) in [5.74, 6) is 3.00. The molecule has 1 unspecified atom stereocenters. The predicted molar refractivity (Wildman–Crippen MR) is 105 cm³/mol. The molecular formula is C21H31N5O. The van der Waals surface area contributed by atoms with Crippen LogP contribution < -0.4 is 0 Å². The molecule has 0 radical (unpaired) electrons. The molecule has 0 bridgehead atoms. The van der Waals surface area contributed by atoms with Gasteiger partial charge in [-0.1, -0.05) is 18.6 Å². The van der Waals surface area contributed by atoms with E-state index in [4.69, 9.17) is 0 Å². The molecule has 0 saturated carbocycles. The number of aromatic nitrogens is 3. The van der Waals surface area contributed by atoms with E-state index in [2.05, 4.69) is 37.7 Å². The zero-order valence-corrected chi connectivity index (χ0v) is 16.3. The van der Waals surface area contributed by atoms with Gasteiger partial charge in [0.05, 0.1) is 6.54 Å². The molecule has 0 amide bonds. The number of aromatic hydroxyl groups is 1. The first-order valence-electron chi connectivity index (χ1n) is 10.3. The van der Waals surface area contributed by atoms with E-state index in [1.54, 1.807) is 6.07 Å². The van der Waals surface area contributed by atoms with E-state index >= 15 is 0 Å². The lowest BCUT2D eigenvalue weighted by atomic mass is 9.96. The highest BCUT2D eigenvalue weighted by Gasteiger charge is 2.26. The summed E-state index contributed by atoms with van der Waals surface area (Å²) in [6, 6.07) is 7.60. The van der Waals surface area contributed by atoms with Crippen LogP contribution in [-0.4, -0.2) is 55.8 Å². The molecule has 1 aromatic carbocycles. The maximum absolute atomic E-state index is 9.70. The van der Waals surface area contributed by atoms with Crippen molar-refractivity contribution >= 4 is 0 Å². The van der Waals surface area contributed by atoms with Gasteiger partial charge in [0, 0.05) is 26.1 Å².